The normalized spacial score (nSPS) is 31.0. The maximum atomic E-state index is 12.2. The van der Waals surface area contributed by atoms with Crippen molar-refractivity contribution in [2.24, 2.45) is 5.92 Å². The van der Waals surface area contributed by atoms with Gasteiger partial charge in [-0.3, -0.25) is 0 Å². The van der Waals surface area contributed by atoms with E-state index in [0.717, 1.165) is 31.8 Å². The van der Waals surface area contributed by atoms with Crippen molar-refractivity contribution in [1.82, 2.24) is 10.2 Å². The number of nitrogens with zero attached hydrogens (tertiary/aromatic N) is 1. The van der Waals surface area contributed by atoms with Crippen LogP contribution < -0.4 is 5.32 Å². The second-order valence-corrected chi connectivity index (χ2v) is 7.78. The summed E-state index contributed by atoms with van der Waals surface area (Å²) >= 11 is 0. The summed E-state index contributed by atoms with van der Waals surface area (Å²) in [7, 11) is 0. The van der Waals surface area contributed by atoms with E-state index >= 15 is 0 Å². The predicted molar refractivity (Wildman–Crippen MR) is 85.4 cm³/mol. The Balaban J connectivity index is 1.80. The van der Waals surface area contributed by atoms with Crippen molar-refractivity contribution in [2.45, 2.75) is 83.9 Å². The van der Waals surface area contributed by atoms with Crippen LogP contribution in [0.15, 0.2) is 0 Å². The number of amides is 1. The van der Waals surface area contributed by atoms with Crippen molar-refractivity contribution < 1.29 is 9.53 Å². The second kappa shape index (κ2) is 6.99. The smallest absolute Gasteiger partial charge is 0.410 e. The number of ether oxygens (including phenoxy) is 1. The summed E-state index contributed by atoms with van der Waals surface area (Å²) in [6.45, 7) is 9.77. The Morgan fingerprint density at radius 3 is 2.48 bits per heavy atom. The number of likely N-dealkylation sites (tertiary alicyclic amines) is 1. The van der Waals surface area contributed by atoms with E-state index in [2.05, 4.69) is 12.2 Å². The van der Waals surface area contributed by atoms with Gasteiger partial charge in [0.2, 0.25) is 0 Å². The summed E-state index contributed by atoms with van der Waals surface area (Å²) in [5, 5.41) is 3.84. The Bertz CT molecular complexity index is 351. The van der Waals surface area contributed by atoms with E-state index in [4.69, 9.17) is 4.74 Å². The topological polar surface area (TPSA) is 41.6 Å². The zero-order valence-corrected chi connectivity index (χ0v) is 14.2. The molecule has 2 aliphatic rings. The fourth-order valence-corrected chi connectivity index (χ4v) is 3.47. The lowest BCUT2D eigenvalue weighted by Gasteiger charge is -2.27. The van der Waals surface area contributed by atoms with Crippen LogP contribution in [0.2, 0.25) is 0 Å². The third kappa shape index (κ3) is 5.17. The van der Waals surface area contributed by atoms with Crippen molar-refractivity contribution in [3.8, 4) is 0 Å². The molecule has 0 bridgehead atoms. The molecule has 1 heterocycles. The molecule has 1 aliphatic heterocycles. The minimum absolute atomic E-state index is 0.155. The number of hydrogen-bond acceptors (Lipinski definition) is 3. The zero-order valence-electron chi connectivity index (χ0n) is 14.2. The van der Waals surface area contributed by atoms with Crippen LogP contribution in [0, 0.1) is 5.92 Å². The molecular weight excluding hydrogens is 264 g/mol. The first kappa shape index (κ1) is 16.6. The van der Waals surface area contributed by atoms with Gasteiger partial charge in [0, 0.05) is 25.2 Å². The Kier molecular flexibility index (Phi) is 5.53. The van der Waals surface area contributed by atoms with Gasteiger partial charge in [0.1, 0.15) is 5.60 Å². The van der Waals surface area contributed by atoms with Gasteiger partial charge in [-0.05, 0) is 58.8 Å². The Hall–Kier alpha value is -0.770. The Morgan fingerprint density at radius 2 is 1.86 bits per heavy atom. The first-order chi connectivity index (χ1) is 9.85. The highest BCUT2D eigenvalue weighted by Crippen LogP contribution is 2.26. The molecule has 3 unspecified atom stereocenters. The second-order valence-electron chi connectivity index (χ2n) is 7.78. The SMILES string of the molecule is CC1CCCC1NC1CCCN(C(=O)OC(C)(C)C)CC1. The molecule has 4 heteroatoms. The van der Waals surface area contributed by atoms with Gasteiger partial charge < -0.3 is 15.0 Å². The Morgan fingerprint density at radius 1 is 1.10 bits per heavy atom. The highest BCUT2D eigenvalue weighted by Gasteiger charge is 2.28. The average Bonchev–Trinajstić information content (AvgIpc) is 2.62. The first-order valence-electron chi connectivity index (χ1n) is 8.59. The van der Waals surface area contributed by atoms with Crippen molar-refractivity contribution in [3.63, 3.8) is 0 Å². The van der Waals surface area contributed by atoms with E-state index in [1.807, 2.05) is 25.7 Å². The molecule has 122 valence electrons. The fourth-order valence-electron chi connectivity index (χ4n) is 3.47. The molecular formula is C17H32N2O2. The molecule has 0 radical (unpaired) electrons. The number of rotatable bonds is 2. The molecule has 0 aromatic carbocycles. The predicted octanol–water partition coefficient (Wildman–Crippen LogP) is 3.55. The lowest BCUT2D eigenvalue weighted by Crippen LogP contribution is -2.41. The van der Waals surface area contributed by atoms with Gasteiger partial charge in [0.05, 0.1) is 0 Å². The molecule has 1 aliphatic carbocycles. The lowest BCUT2D eigenvalue weighted by atomic mass is 10.0. The van der Waals surface area contributed by atoms with Gasteiger partial charge in [-0.2, -0.15) is 0 Å². The van der Waals surface area contributed by atoms with Crippen LogP contribution >= 0.6 is 0 Å². The zero-order chi connectivity index (χ0) is 15.5. The van der Waals surface area contributed by atoms with Crippen molar-refractivity contribution in [2.75, 3.05) is 13.1 Å². The molecule has 4 nitrogen and oxygen atoms in total. The molecule has 0 aromatic heterocycles. The first-order valence-corrected chi connectivity index (χ1v) is 8.59. The molecule has 1 saturated carbocycles. The third-order valence-corrected chi connectivity index (χ3v) is 4.69. The summed E-state index contributed by atoms with van der Waals surface area (Å²) < 4.78 is 5.49. The quantitative estimate of drug-likeness (QED) is 0.847. The van der Waals surface area contributed by atoms with Gasteiger partial charge >= 0.3 is 6.09 Å². The highest BCUT2D eigenvalue weighted by molar-refractivity contribution is 5.68. The number of carbonyl (C=O) groups is 1. The monoisotopic (exact) mass is 296 g/mol. The molecule has 0 spiro atoms. The molecule has 0 aromatic rings. The fraction of sp³-hybridized carbons (Fsp3) is 0.941. The molecule has 2 fully saturated rings. The summed E-state index contributed by atoms with van der Waals surface area (Å²) in [5.41, 5.74) is -0.402. The van der Waals surface area contributed by atoms with E-state index in [1.165, 1.54) is 25.7 Å². The van der Waals surface area contributed by atoms with E-state index in [9.17, 15) is 4.79 Å². The van der Waals surface area contributed by atoms with Gasteiger partial charge in [-0.15, -0.1) is 0 Å². The highest BCUT2D eigenvalue weighted by atomic mass is 16.6. The van der Waals surface area contributed by atoms with E-state index in [-0.39, 0.29) is 6.09 Å². The summed E-state index contributed by atoms with van der Waals surface area (Å²) in [4.78, 5) is 14.0. The van der Waals surface area contributed by atoms with Gasteiger partial charge in [0.25, 0.3) is 0 Å². The van der Waals surface area contributed by atoms with Crippen LogP contribution in [0.25, 0.3) is 0 Å². The maximum Gasteiger partial charge on any atom is 0.410 e. The molecule has 1 N–H and O–H groups in total. The largest absolute Gasteiger partial charge is 0.444 e. The molecule has 21 heavy (non-hydrogen) atoms. The molecule has 2 rings (SSSR count). The van der Waals surface area contributed by atoms with E-state index < -0.39 is 5.60 Å². The molecule has 3 atom stereocenters. The van der Waals surface area contributed by atoms with Crippen LogP contribution in [0.4, 0.5) is 4.79 Å². The maximum absolute atomic E-state index is 12.2. The standard InChI is InChI=1S/C17H32N2O2/c1-13-7-5-9-15(13)18-14-8-6-11-19(12-10-14)16(20)21-17(2,3)4/h13-15,18H,5-12H2,1-4H3. The Labute approximate surface area is 129 Å². The van der Waals surface area contributed by atoms with E-state index in [1.54, 1.807) is 0 Å². The van der Waals surface area contributed by atoms with Crippen LogP contribution in [0.3, 0.4) is 0 Å². The van der Waals surface area contributed by atoms with Gasteiger partial charge in [-0.25, -0.2) is 4.79 Å². The third-order valence-electron chi connectivity index (χ3n) is 4.69. The summed E-state index contributed by atoms with van der Waals surface area (Å²) in [5.74, 6) is 0.801. The van der Waals surface area contributed by atoms with Crippen molar-refractivity contribution in [3.05, 3.63) is 0 Å². The number of hydrogen-bond donors (Lipinski definition) is 1. The van der Waals surface area contributed by atoms with Crippen molar-refractivity contribution in [1.29, 1.82) is 0 Å². The summed E-state index contributed by atoms with van der Waals surface area (Å²) in [6.07, 6.45) is 7.15. The van der Waals surface area contributed by atoms with Gasteiger partial charge in [-0.1, -0.05) is 13.3 Å². The van der Waals surface area contributed by atoms with Crippen LogP contribution in [-0.4, -0.2) is 41.8 Å². The number of carbonyl (C=O) groups excluding carboxylic acids is 1. The van der Waals surface area contributed by atoms with Gasteiger partial charge in [0.15, 0.2) is 0 Å². The number of nitrogens with one attached hydrogen (secondary N) is 1. The molecule has 1 amide bonds. The minimum Gasteiger partial charge on any atom is -0.444 e. The summed E-state index contributed by atoms with van der Waals surface area (Å²) in [6, 6.07) is 1.24. The minimum atomic E-state index is -0.402. The van der Waals surface area contributed by atoms with Crippen LogP contribution in [0.1, 0.15) is 66.2 Å². The van der Waals surface area contributed by atoms with Crippen LogP contribution in [0.5, 0.6) is 0 Å². The lowest BCUT2D eigenvalue weighted by molar-refractivity contribution is 0.0256. The van der Waals surface area contributed by atoms with E-state index in [0.29, 0.717) is 12.1 Å². The molecule has 1 saturated heterocycles. The van der Waals surface area contributed by atoms with Crippen LogP contribution in [-0.2, 0) is 4.74 Å². The average molecular weight is 296 g/mol. The van der Waals surface area contributed by atoms with Crippen molar-refractivity contribution >= 4 is 6.09 Å².